The Labute approximate surface area is 128 Å². The number of piperidine rings is 1. The quantitative estimate of drug-likeness (QED) is 0.667. The van der Waals surface area contributed by atoms with E-state index in [1.54, 1.807) is 20.2 Å². The molecule has 1 aliphatic rings. The average molecular weight is 316 g/mol. The van der Waals surface area contributed by atoms with E-state index in [1.807, 2.05) is 4.31 Å². The molecule has 21 heavy (non-hydrogen) atoms. The summed E-state index contributed by atoms with van der Waals surface area (Å²) in [6, 6.07) is 0.0365. The Balaban J connectivity index is 2.17. The number of aliphatic hydroxyl groups is 1. The molecule has 0 amide bonds. The van der Waals surface area contributed by atoms with Gasteiger partial charge in [-0.1, -0.05) is 6.42 Å². The van der Waals surface area contributed by atoms with Crippen LogP contribution in [0, 0.1) is 5.82 Å². The molecule has 1 aliphatic heterocycles. The molecule has 1 aromatic heterocycles. The van der Waals surface area contributed by atoms with E-state index >= 15 is 0 Å². The second kappa shape index (κ2) is 7.29. The number of halogens is 1. The fourth-order valence-electron chi connectivity index (χ4n) is 2.47. The van der Waals surface area contributed by atoms with Crippen molar-refractivity contribution in [1.29, 1.82) is 0 Å². The van der Waals surface area contributed by atoms with Crippen LogP contribution in [0.1, 0.15) is 36.7 Å². The Kier molecular flexibility index (Phi) is 5.66. The highest BCUT2D eigenvalue weighted by atomic mass is 32.2. The highest BCUT2D eigenvalue weighted by Gasteiger charge is 2.27. The standard InChI is InChI=1S/C14H21FN2O3S/c1-3-20-14(19)13-12(15)11(8-16(13)2)21-17-7-5-4-6-10(17)9-18/h8,10,18H,3-7,9H2,1-2H3. The molecule has 0 saturated carbocycles. The Morgan fingerprint density at radius 1 is 1.57 bits per heavy atom. The number of rotatable bonds is 5. The van der Waals surface area contributed by atoms with Crippen LogP contribution < -0.4 is 0 Å². The van der Waals surface area contributed by atoms with Crippen molar-refractivity contribution >= 4 is 17.9 Å². The normalized spacial score (nSPS) is 19.7. The molecule has 1 aromatic rings. The molecule has 1 unspecified atom stereocenters. The molecule has 0 aliphatic carbocycles. The summed E-state index contributed by atoms with van der Waals surface area (Å²) in [6.07, 6.45) is 4.61. The predicted molar refractivity (Wildman–Crippen MR) is 78.6 cm³/mol. The van der Waals surface area contributed by atoms with Gasteiger partial charge in [0.2, 0.25) is 0 Å². The van der Waals surface area contributed by atoms with Crippen LogP contribution in [-0.4, -0.2) is 45.7 Å². The Morgan fingerprint density at radius 2 is 2.33 bits per heavy atom. The molecule has 0 radical (unpaired) electrons. The number of nitrogens with zero attached hydrogens (tertiary/aromatic N) is 2. The fraction of sp³-hybridized carbons (Fsp3) is 0.643. The van der Waals surface area contributed by atoms with Crippen molar-refractivity contribution in [3.05, 3.63) is 17.7 Å². The summed E-state index contributed by atoms with van der Waals surface area (Å²) in [5, 5.41) is 9.40. The zero-order chi connectivity index (χ0) is 15.4. The van der Waals surface area contributed by atoms with Gasteiger partial charge < -0.3 is 14.4 Å². The lowest BCUT2D eigenvalue weighted by atomic mass is 10.1. The van der Waals surface area contributed by atoms with E-state index in [9.17, 15) is 14.3 Å². The van der Waals surface area contributed by atoms with Crippen LogP contribution in [0.25, 0.3) is 0 Å². The van der Waals surface area contributed by atoms with Crippen molar-refractivity contribution < 1.29 is 19.0 Å². The van der Waals surface area contributed by atoms with Crippen LogP contribution in [0.3, 0.4) is 0 Å². The van der Waals surface area contributed by atoms with Gasteiger partial charge in [-0.05, 0) is 31.7 Å². The first kappa shape index (κ1) is 16.3. The van der Waals surface area contributed by atoms with Gasteiger partial charge >= 0.3 is 5.97 Å². The maximum absolute atomic E-state index is 14.4. The highest BCUT2D eigenvalue weighted by Crippen LogP contribution is 2.33. The van der Waals surface area contributed by atoms with Gasteiger partial charge in [-0.15, -0.1) is 0 Å². The van der Waals surface area contributed by atoms with Crippen molar-refractivity contribution in [2.45, 2.75) is 37.1 Å². The van der Waals surface area contributed by atoms with E-state index in [1.165, 1.54) is 16.5 Å². The van der Waals surface area contributed by atoms with Gasteiger partial charge in [-0.25, -0.2) is 13.5 Å². The average Bonchev–Trinajstić information content (AvgIpc) is 2.74. The topological polar surface area (TPSA) is 54.7 Å². The number of aryl methyl sites for hydroxylation is 1. The minimum atomic E-state index is -0.651. The lowest BCUT2D eigenvalue weighted by molar-refractivity contribution is 0.0509. The largest absolute Gasteiger partial charge is 0.461 e. The molecule has 0 spiro atoms. The minimum Gasteiger partial charge on any atom is -0.461 e. The van der Waals surface area contributed by atoms with E-state index in [4.69, 9.17) is 4.74 Å². The lowest BCUT2D eigenvalue weighted by Gasteiger charge is -2.32. The van der Waals surface area contributed by atoms with E-state index in [-0.39, 0.29) is 24.9 Å². The fourth-order valence-corrected chi connectivity index (χ4v) is 3.64. The summed E-state index contributed by atoms with van der Waals surface area (Å²) in [4.78, 5) is 12.2. The second-order valence-electron chi connectivity index (χ2n) is 5.05. The monoisotopic (exact) mass is 316 g/mol. The highest BCUT2D eigenvalue weighted by molar-refractivity contribution is 7.97. The van der Waals surface area contributed by atoms with E-state index in [0.717, 1.165) is 25.8 Å². The van der Waals surface area contributed by atoms with E-state index in [2.05, 4.69) is 0 Å². The summed E-state index contributed by atoms with van der Waals surface area (Å²) in [5.74, 6) is -1.20. The Hall–Kier alpha value is -1.05. The van der Waals surface area contributed by atoms with Crippen LogP contribution in [0.15, 0.2) is 11.1 Å². The number of aliphatic hydroxyl groups excluding tert-OH is 1. The number of carbonyl (C=O) groups excluding carboxylic acids is 1. The summed E-state index contributed by atoms with van der Waals surface area (Å²) < 4.78 is 22.7. The summed E-state index contributed by atoms with van der Waals surface area (Å²) >= 11 is 1.26. The Morgan fingerprint density at radius 3 is 3.00 bits per heavy atom. The summed E-state index contributed by atoms with van der Waals surface area (Å²) in [6.45, 7) is 2.77. The van der Waals surface area contributed by atoms with Crippen molar-refractivity contribution in [3.8, 4) is 0 Å². The molecule has 7 heteroatoms. The zero-order valence-corrected chi connectivity index (χ0v) is 13.2. The SMILES string of the molecule is CCOC(=O)c1c(F)c(SN2CCCCC2CO)cn1C. The molecule has 2 rings (SSSR count). The van der Waals surface area contributed by atoms with Crippen molar-refractivity contribution in [3.63, 3.8) is 0 Å². The molecular weight excluding hydrogens is 295 g/mol. The maximum Gasteiger partial charge on any atom is 0.358 e. The van der Waals surface area contributed by atoms with Gasteiger partial charge in [0, 0.05) is 25.8 Å². The van der Waals surface area contributed by atoms with Gasteiger partial charge in [0.15, 0.2) is 11.5 Å². The van der Waals surface area contributed by atoms with Crippen LogP contribution in [0.2, 0.25) is 0 Å². The van der Waals surface area contributed by atoms with Gasteiger partial charge in [0.05, 0.1) is 18.1 Å². The first-order valence-corrected chi connectivity index (χ1v) is 7.93. The zero-order valence-electron chi connectivity index (χ0n) is 12.3. The third-order valence-corrected chi connectivity index (χ3v) is 4.75. The van der Waals surface area contributed by atoms with Crippen LogP contribution >= 0.6 is 11.9 Å². The predicted octanol–water partition coefficient (Wildman–Crippen LogP) is 2.19. The third kappa shape index (κ3) is 3.59. The van der Waals surface area contributed by atoms with E-state index < -0.39 is 11.8 Å². The summed E-state index contributed by atoms with van der Waals surface area (Å²) in [7, 11) is 1.62. The lowest BCUT2D eigenvalue weighted by Crippen LogP contribution is -2.36. The molecule has 118 valence electrons. The number of ether oxygens (including phenoxy) is 1. The van der Waals surface area contributed by atoms with Crippen LogP contribution in [-0.2, 0) is 11.8 Å². The smallest absolute Gasteiger partial charge is 0.358 e. The van der Waals surface area contributed by atoms with Gasteiger partial charge in [0.1, 0.15) is 0 Å². The van der Waals surface area contributed by atoms with Gasteiger partial charge in [0.25, 0.3) is 0 Å². The summed E-state index contributed by atoms with van der Waals surface area (Å²) in [5.41, 5.74) is -0.0584. The van der Waals surface area contributed by atoms with Crippen molar-refractivity contribution in [2.24, 2.45) is 7.05 Å². The van der Waals surface area contributed by atoms with Gasteiger partial charge in [-0.2, -0.15) is 0 Å². The Bertz CT molecular complexity index is 507. The number of esters is 1. The van der Waals surface area contributed by atoms with Crippen LogP contribution in [0.5, 0.6) is 0 Å². The van der Waals surface area contributed by atoms with Crippen molar-refractivity contribution in [1.82, 2.24) is 8.87 Å². The molecule has 5 nitrogen and oxygen atoms in total. The molecule has 0 bridgehead atoms. The molecule has 1 N–H and O–H groups in total. The number of hydrogen-bond donors (Lipinski definition) is 1. The number of hydrogen-bond acceptors (Lipinski definition) is 5. The van der Waals surface area contributed by atoms with Crippen molar-refractivity contribution in [2.75, 3.05) is 19.8 Å². The minimum absolute atomic E-state index is 0.0365. The molecule has 1 saturated heterocycles. The third-order valence-electron chi connectivity index (χ3n) is 3.56. The number of aromatic nitrogens is 1. The molecule has 1 atom stereocenters. The molecular formula is C14H21FN2O3S. The first-order chi connectivity index (χ1) is 10.1. The van der Waals surface area contributed by atoms with E-state index in [0.29, 0.717) is 4.90 Å². The second-order valence-corrected chi connectivity index (χ2v) is 6.14. The first-order valence-electron chi connectivity index (χ1n) is 7.15. The molecule has 2 heterocycles. The number of carbonyl (C=O) groups is 1. The van der Waals surface area contributed by atoms with Crippen LogP contribution in [0.4, 0.5) is 4.39 Å². The maximum atomic E-state index is 14.4. The van der Waals surface area contributed by atoms with Gasteiger partial charge in [-0.3, -0.25) is 0 Å². The molecule has 1 fully saturated rings. The molecule has 0 aromatic carbocycles.